The first kappa shape index (κ1) is 29.7. The van der Waals surface area contributed by atoms with Crippen molar-refractivity contribution in [3.05, 3.63) is 29.8 Å². The van der Waals surface area contributed by atoms with E-state index in [9.17, 15) is 9.59 Å². The van der Waals surface area contributed by atoms with Crippen molar-refractivity contribution in [2.24, 2.45) is 5.41 Å². The Balaban J connectivity index is 2.00. The molecule has 0 bridgehead atoms. The van der Waals surface area contributed by atoms with Gasteiger partial charge in [0.15, 0.2) is 11.5 Å². The van der Waals surface area contributed by atoms with Gasteiger partial charge in [-0.05, 0) is 43.0 Å². The second-order valence-corrected chi connectivity index (χ2v) is 9.56. The van der Waals surface area contributed by atoms with Crippen molar-refractivity contribution < 1.29 is 23.8 Å². The number of Topliss-reactive ketones (excluding diaryl/α,β-unsaturated/α-hetero) is 1. The molecule has 0 aromatic heterocycles. The Morgan fingerprint density at radius 1 is 0.824 bits per heavy atom. The summed E-state index contributed by atoms with van der Waals surface area (Å²) in [6, 6.07) is 5.49. The smallest absolute Gasteiger partial charge is 0.330 e. The first-order chi connectivity index (χ1) is 16.3. The van der Waals surface area contributed by atoms with E-state index in [1.54, 1.807) is 26.4 Å². The van der Waals surface area contributed by atoms with Crippen molar-refractivity contribution >= 4 is 17.8 Å². The van der Waals surface area contributed by atoms with Gasteiger partial charge in [0, 0.05) is 17.9 Å². The van der Waals surface area contributed by atoms with Crippen molar-refractivity contribution in [3.8, 4) is 11.5 Å². The van der Waals surface area contributed by atoms with Gasteiger partial charge in [0.2, 0.25) is 0 Å². The number of hydrogen-bond acceptors (Lipinski definition) is 5. The fourth-order valence-electron chi connectivity index (χ4n) is 3.68. The standard InChI is InChI=1S/C29H46O5/c1-6-29(2,3)27(30)17-15-13-11-9-7-8-10-12-14-16-22-34-28(31)21-19-24-18-20-25(32-4)26(23-24)33-5/h18-21,23H,6-17,22H2,1-5H3/b21-19+. The second-order valence-electron chi connectivity index (χ2n) is 9.56. The van der Waals surface area contributed by atoms with Crippen LogP contribution in [0.25, 0.3) is 6.08 Å². The average Bonchev–Trinajstić information content (AvgIpc) is 2.84. The fourth-order valence-corrected chi connectivity index (χ4v) is 3.68. The van der Waals surface area contributed by atoms with E-state index in [0.717, 1.165) is 44.1 Å². The quantitative estimate of drug-likeness (QED) is 0.118. The highest BCUT2D eigenvalue weighted by Gasteiger charge is 2.23. The third kappa shape index (κ3) is 12.2. The van der Waals surface area contributed by atoms with Gasteiger partial charge in [-0.1, -0.05) is 78.2 Å². The van der Waals surface area contributed by atoms with Crippen LogP contribution in [0.5, 0.6) is 11.5 Å². The van der Waals surface area contributed by atoms with Crippen LogP contribution in [0.4, 0.5) is 0 Å². The maximum absolute atomic E-state index is 12.1. The maximum atomic E-state index is 12.1. The van der Waals surface area contributed by atoms with Gasteiger partial charge in [-0.25, -0.2) is 4.79 Å². The summed E-state index contributed by atoms with van der Waals surface area (Å²) in [4.78, 5) is 24.0. The molecule has 0 radical (unpaired) electrons. The van der Waals surface area contributed by atoms with Crippen LogP contribution in [0.1, 0.15) is 103 Å². The third-order valence-corrected chi connectivity index (χ3v) is 6.50. The van der Waals surface area contributed by atoms with Gasteiger partial charge >= 0.3 is 5.97 Å². The van der Waals surface area contributed by atoms with Crippen LogP contribution in [-0.4, -0.2) is 32.6 Å². The molecule has 0 saturated carbocycles. The Labute approximate surface area is 207 Å². The van der Waals surface area contributed by atoms with E-state index in [4.69, 9.17) is 14.2 Å². The molecule has 0 saturated heterocycles. The molecule has 1 rings (SSSR count). The lowest BCUT2D eigenvalue weighted by Crippen LogP contribution is -2.22. The lowest BCUT2D eigenvalue weighted by Gasteiger charge is -2.20. The largest absolute Gasteiger partial charge is 0.493 e. The van der Waals surface area contributed by atoms with E-state index in [-0.39, 0.29) is 11.4 Å². The monoisotopic (exact) mass is 474 g/mol. The maximum Gasteiger partial charge on any atom is 0.330 e. The molecule has 0 atom stereocenters. The molecule has 192 valence electrons. The van der Waals surface area contributed by atoms with Gasteiger partial charge < -0.3 is 14.2 Å². The third-order valence-electron chi connectivity index (χ3n) is 6.50. The van der Waals surface area contributed by atoms with Crippen LogP contribution < -0.4 is 9.47 Å². The number of rotatable bonds is 19. The molecule has 0 spiro atoms. The van der Waals surface area contributed by atoms with Crippen LogP contribution in [-0.2, 0) is 14.3 Å². The number of carbonyl (C=O) groups excluding carboxylic acids is 2. The SMILES string of the molecule is CCC(C)(C)C(=O)CCCCCCCCCCCCOC(=O)/C=C/c1ccc(OC)c(OC)c1. The van der Waals surface area contributed by atoms with Crippen LogP contribution in [0.2, 0.25) is 0 Å². The summed E-state index contributed by atoms with van der Waals surface area (Å²) in [5, 5.41) is 0. The molecule has 5 nitrogen and oxygen atoms in total. The van der Waals surface area contributed by atoms with Crippen molar-refractivity contribution in [2.75, 3.05) is 20.8 Å². The molecule has 0 aliphatic heterocycles. The van der Waals surface area contributed by atoms with Gasteiger partial charge in [0.1, 0.15) is 5.78 Å². The first-order valence-corrected chi connectivity index (χ1v) is 12.9. The highest BCUT2D eigenvalue weighted by molar-refractivity contribution is 5.87. The minimum atomic E-state index is -0.324. The van der Waals surface area contributed by atoms with Crippen molar-refractivity contribution in [1.29, 1.82) is 0 Å². The summed E-state index contributed by atoms with van der Waals surface area (Å²) >= 11 is 0. The number of methoxy groups -OCH3 is 2. The molecule has 1 aromatic carbocycles. The molecule has 1 aromatic rings. The normalized spacial score (nSPS) is 11.6. The molecule has 0 N–H and O–H groups in total. The zero-order valence-electron chi connectivity index (χ0n) is 22.1. The zero-order valence-corrected chi connectivity index (χ0v) is 22.1. The van der Waals surface area contributed by atoms with Crippen LogP contribution in [0.3, 0.4) is 0 Å². The summed E-state index contributed by atoms with van der Waals surface area (Å²) in [6.07, 6.45) is 16.4. The summed E-state index contributed by atoms with van der Waals surface area (Å²) in [7, 11) is 3.17. The highest BCUT2D eigenvalue weighted by Crippen LogP contribution is 2.28. The molecule has 0 aliphatic rings. The lowest BCUT2D eigenvalue weighted by molar-refractivity contribution is -0.137. The summed E-state index contributed by atoms with van der Waals surface area (Å²) < 4.78 is 15.8. The van der Waals surface area contributed by atoms with E-state index in [2.05, 4.69) is 20.8 Å². The lowest BCUT2D eigenvalue weighted by atomic mass is 9.83. The minimum absolute atomic E-state index is 0.152. The van der Waals surface area contributed by atoms with E-state index in [1.165, 1.54) is 44.6 Å². The van der Waals surface area contributed by atoms with Gasteiger partial charge in [0.25, 0.3) is 0 Å². The molecule has 5 heteroatoms. The van der Waals surface area contributed by atoms with Crippen molar-refractivity contribution in [2.45, 2.75) is 97.8 Å². The van der Waals surface area contributed by atoms with E-state index in [1.807, 2.05) is 12.1 Å². The van der Waals surface area contributed by atoms with Gasteiger partial charge in [0.05, 0.1) is 20.8 Å². The predicted molar refractivity (Wildman–Crippen MR) is 139 cm³/mol. The van der Waals surface area contributed by atoms with Crippen LogP contribution in [0, 0.1) is 5.41 Å². The summed E-state index contributed by atoms with van der Waals surface area (Å²) in [6.45, 7) is 6.66. The van der Waals surface area contributed by atoms with E-state index in [0.29, 0.717) is 23.9 Å². The molecule has 0 fully saturated rings. The molecule has 0 heterocycles. The minimum Gasteiger partial charge on any atom is -0.493 e. The van der Waals surface area contributed by atoms with Gasteiger partial charge in [-0.2, -0.15) is 0 Å². The Morgan fingerprint density at radius 2 is 1.38 bits per heavy atom. The second kappa shape index (κ2) is 17.2. The number of esters is 1. The predicted octanol–water partition coefficient (Wildman–Crippen LogP) is 7.56. The number of ketones is 1. The Bertz CT molecular complexity index is 751. The molecule has 0 aliphatic carbocycles. The molecule has 34 heavy (non-hydrogen) atoms. The molecular weight excluding hydrogens is 428 g/mol. The Hall–Kier alpha value is -2.30. The highest BCUT2D eigenvalue weighted by atomic mass is 16.5. The van der Waals surface area contributed by atoms with Crippen molar-refractivity contribution in [3.63, 3.8) is 0 Å². The Morgan fingerprint density at radius 3 is 1.94 bits per heavy atom. The number of hydrogen-bond donors (Lipinski definition) is 0. The average molecular weight is 475 g/mol. The van der Waals surface area contributed by atoms with Crippen molar-refractivity contribution in [1.82, 2.24) is 0 Å². The molecule has 0 amide bonds. The van der Waals surface area contributed by atoms with Crippen LogP contribution in [0.15, 0.2) is 24.3 Å². The van der Waals surface area contributed by atoms with E-state index >= 15 is 0 Å². The van der Waals surface area contributed by atoms with Gasteiger partial charge in [-0.15, -0.1) is 0 Å². The summed E-state index contributed by atoms with van der Waals surface area (Å²) in [5.74, 6) is 1.37. The fraction of sp³-hybridized carbons (Fsp3) is 0.655. The van der Waals surface area contributed by atoms with Crippen LogP contribution >= 0.6 is 0 Å². The molecular formula is C29H46O5. The number of unbranched alkanes of at least 4 members (excludes halogenated alkanes) is 9. The molecule has 0 unspecified atom stereocenters. The summed E-state index contributed by atoms with van der Waals surface area (Å²) in [5.41, 5.74) is 0.699. The Kier molecular flexibility index (Phi) is 15.0. The topological polar surface area (TPSA) is 61.8 Å². The zero-order chi connectivity index (χ0) is 25.2. The number of benzene rings is 1. The van der Waals surface area contributed by atoms with Gasteiger partial charge in [-0.3, -0.25) is 4.79 Å². The van der Waals surface area contributed by atoms with E-state index < -0.39 is 0 Å². The number of carbonyl (C=O) groups is 2. The number of ether oxygens (including phenoxy) is 3. The first-order valence-electron chi connectivity index (χ1n) is 12.9.